The van der Waals surface area contributed by atoms with E-state index in [4.69, 9.17) is 4.74 Å². The van der Waals surface area contributed by atoms with Crippen LogP contribution in [0.2, 0.25) is 0 Å². The van der Waals surface area contributed by atoms with Gasteiger partial charge in [0.25, 0.3) is 5.92 Å². The Labute approximate surface area is 75.4 Å². The molecule has 0 aromatic carbocycles. The van der Waals surface area contributed by atoms with Crippen molar-refractivity contribution < 1.29 is 18.3 Å². The molecule has 1 atom stereocenters. The zero-order valence-corrected chi connectivity index (χ0v) is 7.86. The first-order valence-corrected chi connectivity index (χ1v) is 4.08. The maximum Gasteiger partial charge on any atom is 0.408 e. The van der Waals surface area contributed by atoms with Crippen LogP contribution < -0.4 is 5.32 Å². The molecule has 76 valence electrons. The highest BCUT2D eigenvalue weighted by molar-refractivity contribution is 5.68. The summed E-state index contributed by atoms with van der Waals surface area (Å²) in [5, 5.41) is 2.09. The minimum absolute atomic E-state index is 0.285. The van der Waals surface area contributed by atoms with Crippen LogP contribution in [0.1, 0.15) is 27.2 Å². The van der Waals surface area contributed by atoms with Crippen LogP contribution in [0, 0.1) is 0 Å². The lowest BCUT2D eigenvalue weighted by Gasteiger charge is -2.19. The minimum Gasteiger partial charge on any atom is -0.444 e. The molecule has 0 bridgehead atoms. The number of carbonyl (C=O) groups is 1. The zero-order valence-electron chi connectivity index (χ0n) is 7.86. The smallest absolute Gasteiger partial charge is 0.408 e. The van der Waals surface area contributed by atoms with E-state index in [0.29, 0.717) is 0 Å². The summed E-state index contributed by atoms with van der Waals surface area (Å²) in [6.45, 7) is 5.03. The van der Waals surface area contributed by atoms with Crippen molar-refractivity contribution in [3.05, 3.63) is 0 Å². The first-order chi connectivity index (χ1) is 5.71. The van der Waals surface area contributed by atoms with Gasteiger partial charge in [-0.25, -0.2) is 13.6 Å². The Morgan fingerprint density at radius 1 is 1.54 bits per heavy atom. The monoisotopic (exact) mass is 193 g/mol. The predicted molar refractivity (Wildman–Crippen MR) is 42.7 cm³/mol. The third-order valence-corrected chi connectivity index (χ3v) is 1.52. The summed E-state index contributed by atoms with van der Waals surface area (Å²) in [6, 6.07) is -1.04. The summed E-state index contributed by atoms with van der Waals surface area (Å²) in [5.41, 5.74) is -0.645. The molecule has 0 aromatic rings. The SMILES string of the molecule is CC(C)(C)OC(=O)N[C@@H]1CC1(F)F. The second-order valence-electron chi connectivity index (χ2n) is 4.16. The van der Waals surface area contributed by atoms with Gasteiger partial charge in [-0.15, -0.1) is 0 Å². The number of nitrogens with one attached hydrogen (secondary N) is 1. The van der Waals surface area contributed by atoms with Crippen molar-refractivity contribution in [3.8, 4) is 0 Å². The topological polar surface area (TPSA) is 38.3 Å². The number of hydrogen-bond donors (Lipinski definition) is 1. The van der Waals surface area contributed by atoms with Gasteiger partial charge in [0, 0.05) is 6.42 Å². The van der Waals surface area contributed by atoms with Gasteiger partial charge in [0.2, 0.25) is 0 Å². The predicted octanol–water partition coefficient (Wildman–Crippen LogP) is 1.92. The van der Waals surface area contributed by atoms with Crippen LogP contribution in [0.15, 0.2) is 0 Å². The molecule has 1 N–H and O–H groups in total. The van der Waals surface area contributed by atoms with Crippen molar-refractivity contribution in [3.63, 3.8) is 0 Å². The van der Waals surface area contributed by atoms with E-state index in [2.05, 4.69) is 5.32 Å². The molecule has 3 nitrogen and oxygen atoms in total. The van der Waals surface area contributed by atoms with E-state index in [1.165, 1.54) is 0 Å². The Kier molecular flexibility index (Phi) is 2.21. The molecule has 1 aliphatic carbocycles. The fourth-order valence-electron chi connectivity index (χ4n) is 0.820. The lowest BCUT2D eigenvalue weighted by molar-refractivity contribution is 0.0465. The van der Waals surface area contributed by atoms with E-state index >= 15 is 0 Å². The van der Waals surface area contributed by atoms with E-state index in [1.54, 1.807) is 20.8 Å². The maximum absolute atomic E-state index is 12.3. The zero-order chi connectivity index (χ0) is 10.3. The average molecular weight is 193 g/mol. The van der Waals surface area contributed by atoms with E-state index in [1.807, 2.05) is 0 Å². The molecular weight excluding hydrogens is 180 g/mol. The Morgan fingerprint density at radius 2 is 2.00 bits per heavy atom. The first-order valence-electron chi connectivity index (χ1n) is 4.08. The molecule has 1 aliphatic rings. The van der Waals surface area contributed by atoms with Crippen molar-refractivity contribution >= 4 is 6.09 Å². The van der Waals surface area contributed by atoms with Gasteiger partial charge in [0.05, 0.1) is 0 Å². The van der Waals surface area contributed by atoms with Crippen LogP contribution >= 0.6 is 0 Å². The third kappa shape index (κ3) is 3.16. The van der Waals surface area contributed by atoms with Crippen LogP contribution in [0.5, 0.6) is 0 Å². The van der Waals surface area contributed by atoms with Crippen LogP contribution in [-0.2, 0) is 4.74 Å². The van der Waals surface area contributed by atoms with E-state index in [0.717, 1.165) is 0 Å². The quantitative estimate of drug-likeness (QED) is 0.690. The summed E-state index contributed by atoms with van der Waals surface area (Å²) >= 11 is 0. The van der Waals surface area contributed by atoms with Crippen LogP contribution in [0.3, 0.4) is 0 Å². The van der Waals surface area contributed by atoms with Crippen molar-refractivity contribution in [2.24, 2.45) is 0 Å². The standard InChI is InChI=1S/C8H13F2NO2/c1-7(2,3)13-6(12)11-5-4-8(5,9)10/h5H,4H2,1-3H3,(H,11,12)/t5-/m1/s1. The molecule has 0 aromatic heterocycles. The molecule has 0 unspecified atom stereocenters. The van der Waals surface area contributed by atoms with Gasteiger partial charge >= 0.3 is 6.09 Å². The molecular formula is C8H13F2NO2. The lowest BCUT2D eigenvalue weighted by Crippen LogP contribution is -2.35. The van der Waals surface area contributed by atoms with Crippen molar-refractivity contribution in [1.82, 2.24) is 5.32 Å². The normalized spacial score (nSPS) is 25.2. The largest absolute Gasteiger partial charge is 0.444 e. The summed E-state index contributed by atoms with van der Waals surface area (Å²) < 4.78 is 29.4. The number of halogens is 2. The minimum atomic E-state index is -2.74. The molecule has 0 spiro atoms. The molecule has 0 heterocycles. The van der Waals surface area contributed by atoms with Crippen LogP contribution in [-0.4, -0.2) is 23.7 Å². The third-order valence-electron chi connectivity index (χ3n) is 1.52. The van der Waals surface area contributed by atoms with E-state index in [-0.39, 0.29) is 6.42 Å². The van der Waals surface area contributed by atoms with Crippen LogP contribution in [0.25, 0.3) is 0 Å². The van der Waals surface area contributed by atoms with Crippen molar-refractivity contribution in [2.75, 3.05) is 0 Å². The Balaban J connectivity index is 2.28. The van der Waals surface area contributed by atoms with Gasteiger partial charge in [0.15, 0.2) is 0 Å². The second-order valence-corrected chi connectivity index (χ2v) is 4.16. The number of alkyl carbamates (subject to hydrolysis) is 1. The van der Waals surface area contributed by atoms with E-state index in [9.17, 15) is 13.6 Å². The number of carbonyl (C=O) groups excluding carboxylic acids is 1. The first kappa shape index (κ1) is 10.2. The summed E-state index contributed by atoms with van der Waals surface area (Å²) in [7, 11) is 0. The molecule has 13 heavy (non-hydrogen) atoms. The summed E-state index contributed by atoms with van der Waals surface area (Å²) in [6.07, 6.45) is -1.07. The second kappa shape index (κ2) is 2.82. The Hall–Kier alpha value is -0.870. The Morgan fingerprint density at radius 3 is 2.31 bits per heavy atom. The molecule has 0 aliphatic heterocycles. The molecule has 0 radical (unpaired) electrons. The van der Waals surface area contributed by atoms with Crippen molar-refractivity contribution in [2.45, 2.75) is 44.8 Å². The van der Waals surface area contributed by atoms with Gasteiger partial charge in [-0.1, -0.05) is 0 Å². The number of hydrogen-bond acceptors (Lipinski definition) is 2. The van der Waals surface area contributed by atoms with E-state index < -0.39 is 23.7 Å². The van der Waals surface area contributed by atoms with Crippen molar-refractivity contribution in [1.29, 1.82) is 0 Å². The number of ether oxygens (including phenoxy) is 1. The molecule has 5 heteroatoms. The molecule has 1 rings (SSSR count). The van der Waals surface area contributed by atoms with Gasteiger partial charge in [-0.05, 0) is 20.8 Å². The molecule has 0 saturated heterocycles. The summed E-state index contributed by atoms with van der Waals surface area (Å²) in [5.74, 6) is -2.74. The lowest BCUT2D eigenvalue weighted by atomic mass is 10.2. The molecule has 1 amide bonds. The maximum atomic E-state index is 12.3. The number of amides is 1. The molecule has 1 saturated carbocycles. The highest BCUT2D eigenvalue weighted by Gasteiger charge is 2.58. The Bertz CT molecular complexity index is 223. The fourth-order valence-corrected chi connectivity index (χ4v) is 0.820. The highest BCUT2D eigenvalue weighted by atomic mass is 19.3. The van der Waals surface area contributed by atoms with Gasteiger partial charge in [-0.2, -0.15) is 0 Å². The average Bonchev–Trinajstić information content (AvgIpc) is 2.32. The number of alkyl halides is 2. The van der Waals surface area contributed by atoms with Gasteiger partial charge in [0.1, 0.15) is 11.6 Å². The number of rotatable bonds is 1. The van der Waals surface area contributed by atoms with Gasteiger partial charge < -0.3 is 10.1 Å². The highest BCUT2D eigenvalue weighted by Crippen LogP contribution is 2.41. The fraction of sp³-hybridized carbons (Fsp3) is 0.875. The van der Waals surface area contributed by atoms with Crippen LogP contribution in [0.4, 0.5) is 13.6 Å². The molecule has 1 fully saturated rings. The summed E-state index contributed by atoms with van der Waals surface area (Å²) in [4.78, 5) is 10.9. The van der Waals surface area contributed by atoms with Gasteiger partial charge in [-0.3, -0.25) is 0 Å².